The standard InChI is InChI=1S/C11H13NO/c1-2-4-10-9(3-1)5-6-11(13-10)7-12-8-11/h1-4,12H,5-8H2. The van der Waals surface area contributed by atoms with E-state index in [9.17, 15) is 0 Å². The molecule has 2 aliphatic rings. The van der Waals surface area contributed by atoms with Crippen molar-refractivity contribution in [2.24, 2.45) is 0 Å². The second-order valence-corrected chi connectivity index (χ2v) is 4.00. The summed E-state index contributed by atoms with van der Waals surface area (Å²) in [4.78, 5) is 0. The maximum atomic E-state index is 5.99. The van der Waals surface area contributed by atoms with Crippen molar-refractivity contribution >= 4 is 0 Å². The van der Waals surface area contributed by atoms with Gasteiger partial charge in [-0.25, -0.2) is 0 Å². The van der Waals surface area contributed by atoms with Crippen LogP contribution in [0, 0.1) is 0 Å². The number of hydrogen-bond donors (Lipinski definition) is 1. The number of aryl methyl sites for hydroxylation is 1. The number of benzene rings is 1. The van der Waals surface area contributed by atoms with Crippen LogP contribution in [-0.2, 0) is 6.42 Å². The Morgan fingerprint density at radius 1 is 1.23 bits per heavy atom. The lowest BCUT2D eigenvalue weighted by Gasteiger charge is -2.45. The highest BCUT2D eigenvalue weighted by Crippen LogP contribution is 2.34. The van der Waals surface area contributed by atoms with Gasteiger partial charge in [0, 0.05) is 13.1 Å². The molecule has 1 spiro atoms. The van der Waals surface area contributed by atoms with E-state index in [2.05, 4.69) is 23.5 Å². The van der Waals surface area contributed by atoms with Crippen molar-refractivity contribution in [1.82, 2.24) is 5.32 Å². The first kappa shape index (κ1) is 7.39. The van der Waals surface area contributed by atoms with Gasteiger partial charge in [0.1, 0.15) is 11.4 Å². The van der Waals surface area contributed by atoms with Crippen molar-refractivity contribution < 1.29 is 4.74 Å². The summed E-state index contributed by atoms with van der Waals surface area (Å²) in [5, 5.41) is 3.28. The lowest BCUT2D eigenvalue weighted by atomic mass is 9.86. The highest BCUT2D eigenvalue weighted by molar-refractivity contribution is 5.36. The molecule has 1 N–H and O–H groups in total. The van der Waals surface area contributed by atoms with Crippen molar-refractivity contribution in [3.05, 3.63) is 29.8 Å². The summed E-state index contributed by atoms with van der Waals surface area (Å²) < 4.78 is 5.99. The predicted molar refractivity (Wildman–Crippen MR) is 51.0 cm³/mol. The normalized spacial score (nSPS) is 23.1. The summed E-state index contributed by atoms with van der Waals surface area (Å²) in [6.45, 7) is 2.03. The average molecular weight is 175 g/mol. The smallest absolute Gasteiger partial charge is 0.134 e. The Morgan fingerprint density at radius 3 is 2.85 bits per heavy atom. The number of rotatable bonds is 0. The van der Waals surface area contributed by atoms with E-state index in [0.717, 1.165) is 31.7 Å². The van der Waals surface area contributed by atoms with E-state index in [1.807, 2.05) is 6.07 Å². The molecule has 0 bridgehead atoms. The van der Waals surface area contributed by atoms with Crippen LogP contribution in [0.2, 0.25) is 0 Å². The monoisotopic (exact) mass is 175 g/mol. The highest BCUT2D eigenvalue weighted by atomic mass is 16.5. The van der Waals surface area contributed by atoms with E-state index in [4.69, 9.17) is 4.74 Å². The lowest BCUT2D eigenvalue weighted by Crippen LogP contribution is -2.64. The molecular formula is C11H13NO. The topological polar surface area (TPSA) is 21.3 Å². The van der Waals surface area contributed by atoms with Crippen molar-refractivity contribution in [3.63, 3.8) is 0 Å². The molecule has 13 heavy (non-hydrogen) atoms. The molecule has 2 heteroatoms. The minimum absolute atomic E-state index is 0.133. The zero-order valence-corrected chi connectivity index (χ0v) is 7.55. The summed E-state index contributed by atoms with van der Waals surface area (Å²) in [6.07, 6.45) is 2.33. The van der Waals surface area contributed by atoms with Gasteiger partial charge in [-0.05, 0) is 24.5 Å². The van der Waals surface area contributed by atoms with Crippen LogP contribution in [-0.4, -0.2) is 18.7 Å². The fourth-order valence-corrected chi connectivity index (χ4v) is 2.11. The molecule has 2 heterocycles. The number of fused-ring (bicyclic) bond motifs is 1. The van der Waals surface area contributed by atoms with Crippen LogP contribution in [0.4, 0.5) is 0 Å². The molecule has 2 aliphatic heterocycles. The average Bonchev–Trinajstić information content (AvgIpc) is 2.15. The quantitative estimate of drug-likeness (QED) is 0.642. The Morgan fingerprint density at radius 2 is 2.08 bits per heavy atom. The Labute approximate surface area is 77.9 Å². The number of nitrogens with one attached hydrogen (secondary N) is 1. The van der Waals surface area contributed by atoms with Crippen LogP contribution in [0.25, 0.3) is 0 Å². The van der Waals surface area contributed by atoms with Crippen LogP contribution in [0.5, 0.6) is 5.75 Å². The Balaban J connectivity index is 1.94. The summed E-state index contributed by atoms with van der Waals surface area (Å²) in [5.74, 6) is 1.09. The molecule has 1 aromatic rings. The first-order valence-electron chi connectivity index (χ1n) is 4.86. The van der Waals surface area contributed by atoms with Gasteiger partial charge in [-0.1, -0.05) is 18.2 Å². The van der Waals surface area contributed by atoms with Gasteiger partial charge < -0.3 is 10.1 Å². The molecule has 0 saturated carbocycles. The third-order valence-electron chi connectivity index (χ3n) is 3.04. The molecule has 1 aromatic carbocycles. The van der Waals surface area contributed by atoms with Gasteiger partial charge in [-0.15, -0.1) is 0 Å². The summed E-state index contributed by atoms with van der Waals surface area (Å²) in [6, 6.07) is 8.37. The van der Waals surface area contributed by atoms with E-state index < -0.39 is 0 Å². The van der Waals surface area contributed by atoms with E-state index in [-0.39, 0.29) is 5.60 Å². The summed E-state index contributed by atoms with van der Waals surface area (Å²) >= 11 is 0. The fourth-order valence-electron chi connectivity index (χ4n) is 2.11. The summed E-state index contributed by atoms with van der Waals surface area (Å²) in [5.41, 5.74) is 1.49. The second-order valence-electron chi connectivity index (χ2n) is 4.00. The van der Waals surface area contributed by atoms with Crippen molar-refractivity contribution in [1.29, 1.82) is 0 Å². The van der Waals surface area contributed by atoms with Crippen LogP contribution >= 0.6 is 0 Å². The van der Waals surface area contributed by atoms with E-state index >= 15 is 0 Å². The van der Waals surface area contributed by atoms with Crippen LogP contribution in [0.15, 0.2) is 24.3 Å². The van der Waals surface area contributed by atoms with Gasteiger partial charge in [-0.2, -0.15) is 0 Å². The third-order valence-corrected chi connectivity index (χ3v) is 3.04. The van der Waals surface area contributed by atoms with E-state index in [1.54, 1.807) is 0 Å². The molecular weight excluding hydrogens is 162 g/mol. The molecule has 0 unspecified atom stereocenters. The number of ether oxygens (including phenoxy) is 1. The second kappa shape index (κ2) is 2.48. The van der Waals surface area contributed by atoms with Gasteiger partial charge in [-0.3, -0.25) is 0 Å². The van der Waals surface area contributed by atoms with Gasteiger partial charge in [0.15, 0.2) is 0 Å². The van der Waals surface area contributed by atoms with Crippen LogP contribution in [0.3, 0.4) is 0 Å². The van der Waals surface area contributed by atoms with Crippen LogP contribution < -0.4 is 10.1 Å². The van der Waals surface area contributed by atoms with Crippen molar-refractivity contribution in [3.8, 4) is 5.75 Å². The summed E-state index contributed by atoms with van der Waals surface area (Å²) in [7, 11) is 0. The number of para-hydroxylation sites is 1. The fraction of sp³-hybridized carbons (Fsp3) is 0.455. The highest BCUT2D eigenvalue weighted by Gasteiger charge is 2.41. The molecule has 68 valence electrons. The Kier molecular flexibility index (Phi) is 1.41. The Hall–Kier alpha value is -1.02. The first-order valence-corrected chi connectivity index (χ1v) is 4.86. The molecule has 3 rings (SSSR count). The molecule has 1 saturated heterocycles. The molecule has 0 aromatic heterocycles. The van der Waals surface area contributed by atoms with Gasteiger partial charge in [0.25, 0.3) is 0 Å². The minimum atomic E-state index is 0.133. The van der Waals surface area contributed by atoms with Gasteiger partial charge in [0.05, 0.1) is 0 Å². The SMILES string of the molecule is c1ccc2c(c1)CCC1(CNC1)O2. The zero-order chi connectivity index (χ0) is 8.73. The minimum Gasteiger partial charge on any atom is -0.484 e. The molecule has 2 nitrogen and oxygen atoms in total. The van der Waals surface area contributed by atoms with Gasteiger partial charge >= 0.3 is 0 Å². The maximum Gasteiger partial charge on any atom is 0.134 e. The van der Waals surface area contributed by atoms with E-state index in [0.29, 0.717) is 0 Å². The number of hydrogen-bond acceptors (Lipinski definition) is 2. The van der Waals surface area contributed by atoms with Crippen molar-refractivity contribution in [2.45, 2.75) is 18.4 Å². The maximum absolute atomic E-state index is 5.99. The molecule has 0 radical (unpaired) electrons. The molecule has 0 atom stereocenters. The zero-order valence-electron chi connectivity index (χ0n) is 7.55. The lowest BCUT2D eigenvalue weighted by molar-refractivity contribution is -0.00231. The molecule has 1 fully saturated rings. The van der Waals surface area contributed by atoms with Crippen LogP contribution in [0.1, 0.15) is 12.0 Å². The van der Waals surface area contributed by atoms with Crippen molar-refractivity contribution in [2.75, 3.05) is 13.1 Å². The molecule has 0 aliphatic carbocycles. The predicted octanol–water partition coefficient (Wildman–Crippen LogP) is 1.35. The first-order chi connectivity index (χ1) is 6.38. The third kappa shape index (κ3) is 1.05. The van der Waals surface area contributed by atoms with E-state index in [1.165, 1.54) is 5.56 Å². The largest absolute Gasteiger partial charge is 0.484 e. The molecule has 0 amide bonds. The van der Waals surface area contributed by atoms with Gasteiger partial charge in [0.2, 0.25) is 0 Å². The Bertz CT molecular complexity index is 331.